The lowest BCUT2D eigenvalue weighted by Crippen LogP contribution is -2.08. The van der Waals surface area contributed by atoms with E-state index in [0.29, 0.717) is 5.82 Å². The maximum Gasteiger partial charge on any atom is 0.140 e. The fraction of sp³-hybridized carbons (Fsp3) is 0. The number of anilines is 1. The van der Waals surface area contributed by atoms with Gasteiger partial charge in [-0.1, -0.05) is 36.4 Å². The summed E-state index contributed by atoms with van der Waals surface area (Å²) < 4.78 is 0. The molecule has 1 aromatic heterocycles. The second kappa shape index (κ2) is 3.89. The molecule has 0 aliphatic heterocycles. The van der Waals surface area contributed by atoms with Crippen LogP contribution in [0.1, 0.15) is 0 Å². The molecule has 2 aromatic rings. The van der Waals surface area contributed by atoms with Crippen LogP contribution in [0.5, 0.6) is 0 Å². The maximum absolute atomic E-state index is 5.28. The number of pyridine rings is 1. The fourth-order valence-electron chi connectivity index (χ4n) is 1.28. The predicted octanol–water partition coefficient (Wildman–Crippen LogP) is 2.03. The molecule has 0 fully saturated rings. The Morgan fingerprint density at radius 1 is 0.929 bits per heavy atom. The summed E-state index contributed by atoms with van der Waals surface area (Å²) in [5.41, 5.74) is 4.53. The van der Waals surface area contributed by atoms with Gasteiger partial charge in [-0.15, -0.1) is 0 Å². The molecule has 0 unspecified atom stereocenters. The molecular formula is C11H11N3. The molecule has 3 heteroatoms. The number of hydrazine groups is 1. The Bertz CT molecular complexity index is 412. The molecular weight excluding hydrogens is 174 g/mol. The van der Waals surface area contributed by atoms with Crippen molar-refractivity contribution >= 4 is 5.82 Å². The average Bonchev–Trinajstić information content (AvgIpc) is 2.30. The highest BCUT2D eigenvalue weighted by molar-refractivity contribution is 5.60. The van der Waals surface area contributed by atoms with E-state index in [2.05, 4.69) is 10.4 Å². The molecule has 0 saturated heterocycles. The van der Waals surface area contributed by atoms with E-state index in [1.165, 1.54) is 0 Å². The van der Waals surface area contributed by atoms with Gasteiger partial charge in [0.25, 0.3) is 0 Å². The van der Waals surface area contributed by atoms with Gasteiger partial charge in [0.05, 0.1) is 5.69 Å². The minimum Gasteiger partial charge on any atom is -0.308 e. The van der Waals surface area contributed by atoms with Crippen molar-refractivity contribution in [3.05, 3.63) is 48.5 Å². The monoisotopic (exact) mass is 185 g/mol. The second-order valence-corrected chi connectivity index (χ2v) is 2.92. The van der Waals surface area contributed by atoms with Gasteiger partial charge in [0.2, 0.25) is 0 Å². The van der Waals surface area contributed by atoms with Gasteiger partial charge in [-0.05, 0) is 12.1 Å². The Labute approximate surface area is 82.6 Å². The van der Waals surface area contributed by atoms with Crippen molar-refractivity contribution in [1.29, 1.82) is 0 Å². The number of nitrogen functional groups attached to an aromatic ring is 1. The van der Waals surface area contributed by atoms with Gasteiger partial charge in [0, 0.05) is 5.56 Å². The summed E-state index contributed by atoms with van der Waals surface area (Å²) in [6.07, 6.45) is 0. The van der Waals surface area contributed by atoms with Crippen LogP contribution in [-0.4, -0.2) is 4.98 Å². The molecule has 0 atom stereocenters. The number of rotatable bonds is 2. The molecule has 0 bridgehead atoms. The number of benzene rings is 1. The molecule has 0 saturated carbocycles. The van der Waals surface area contributed by atoms with Crippen LogP contribution in [-0.2, 0) is 0 Å². The molecule has 2 rings (SSSR count). The minimum atomic E-state index is 0.673. The van der Waals surface area contributed by atoms with Gasteiger partial charge in [-0.25, -0.2) is 10.8 Å². The highest BCUT2D eigenvalue weighted by atomic mass is 15.2. The number of nitrogens with zero attached hydrogens (tertiary/aromatic N) is 1. The second-order valence-electron chi connectivity index (χ2n) is 2.92. The number of aromatic nitrogens is 1. The van der Waals surface area contributed by atoms with Gasteiger partial charge in [-0.2, -0.15) is 0 Å². The summed E-state index contributed by atoms with van der Waals surface area (Å²) >= 11 is 0. The maximum atomic E-state index is 5.28. The first-order chi connectivity index (χ1) is 6.90. The fourth-order valence-corrected chi connectivity index (χ4v) is 1.28. The first kappa shape index (κ1) is 8.72. The van der Waals surface area contributed by atoms with Crippen molar-refractivity contribution in [2.24, 2.45) is 5.84 Å². The average molecular weight is 185 g/mol. The third kappa shape index (κ3) is 1.72. The molecule has 0 aliphatic rings. The Morgan fingerprint density at radius 2 is 1.71 bits per heavy atom. The lowest BCUT2D eigenvalue weighted by molar-refractivity contribution is 1.23. The van der Waals surface area contributed by atoms with Crippen molar-refractivity contribution in [3.63, 3.8) is 0 Å². The Hall–Kier alpha value is -1.87. The highest BCUT2D eigenvalue weighted by Gasteiger charge is 1.98. The van der Waals surface area contributed by atoms with E-state index in [1.807, 2.05) is 48.5 Å². The molecule has 0 spiro atoms. The van der Waals surface area contributed by atoms with Crippen molar-refractivity contribution in [3.8, 4) is 11.3 Å². The van der Waals surface area contributed by atoms with Crippen LogP contribution in [0.15, 0.2) is 48.5 Å². The zero-order chi connectivity index (χ0) is 9.80. The summed E-state index contributed by atoms with van der Waals surface area (Å²) in [5, 5.41) is 0. The summed E-state index contributed by atoms with van der Waals surface area (Å²) in [6, 6.07) is 15.7. The highest BCUT2D eigenvalue weighted by Crippen LogP contribution is 2.17. The van der Waals surface area contributed by atoms with Gasteiger partial charge in [0.1, 0.15) is 5.82 Å². The van der Waals surface area contributed by atoms with Crippen molar-refractivity contribution in [2.75, 3.05) is 5.43 Å². The summed E-state index contributed by atoms with van der Waals surface area (Å²) in [6.45, 7) is 0. The first-order valence-corrected chi connectivity index (χ1v) is 4.39. The van der Waals surface area contributed by atoms with E-state index in [1.54, 1.807) is 0 Å². The normalized spacial score (nSPS) is 9.79. The molecule has 0 radical (unpaired) electrons. The van der Waals surface area contributed by atoms with Gasteiger partial charge in [-0.3, -0.25) is 0 Å². The largest absolute Gasteiger partial charge is 0.308 e. The van der Waals surface area contributed by atoms with Crippen LogP contribution in [0.4, 0.5) is 5.82 Å². The zero-order valence-electron chi connectivity index (χ0n) is 7.64. The topological polar surface area (TPSA) is 50.9 Å². The van der Waals surface area contributed by atoms with Crippen LogP contribution in [0, 0.1) is 0 Å². The predicted molar refractivity (Wildman–Crippen MR) is 57.5 cm³/mol. The smallest absolute Gasteiger partial charge is 0.140 e. The van der Waals surface area contributed by atoms with Crippen molar-refractivity contribution < 1.29 is 0 Å². The van der Waals surface area contributed by atoms with Crippen molar-refractivity contribution in [2.45, 2.75) is 0 Å². The number of hydrogen-bond acceptors (Lipinski definition) is 3. The molecule has 14 heavy (non-hydrogen) atoms. The van der Waals surface area contributed by atoms with Crippen LogP contribution >= 0.6 is 0 Å². The molecule has 0 aliphatic carbocycles. The summed E-state index contributed by atoms with van der Waals surface area (Å²) in [4.78, 5) is 4.33. The third-order valence-corrected chi connectivity index (χ3v) is 1.97. The van der Waals surface area contributed by atoms with Crippen LogP contribution in [0.2, 0.25) is 0 Å². The van der Waals surface area contributed by atoms with E-state index >= 15 is 0 Å². The minimum absolute atomic E-state index is 0.673. The number of nitrogens with one attached hydrogen (secondary N) is 1. The Morgan fingerprint density at radius 3 is 2.43 bits per heavy atom. The summed E-state index contributed by atoms with van der Waals surface area (Å²) in [7, 11) is 0. The molecule has 1 aromatic carbocycles. The standard InChI is InChI=1S/C11H11N3/c12-14-11-8-4-7-10(13-11)9-5-2-1-3-6-9/h1-8H,12H2,(H,13,14). The van der Waals surface area contributed by atoms with E-state index in [9.17, 15) is 0 Å². The molecule has 70 valence electrons. The number of hydrogen-bond donors (Lipinski definition) is 2. The molecule has 0 amide bonds. The van der Waals surface area contributed by atoms with Crippen LogP contribution < -0.4 is 11.3 Å². The van der Waals surface area contributed by atoms with Crippen molar-refractivity contribution in [1.82, 2.24) is 4.98 Å². The first-order valence-electron chi connectivity index (χ1n) is 4.39. The van der Waals surface area contributed by atoms with Crippen LogP contribution in [0.3, 0.4) is 0 Å². The SMILES string of the molecule is NNc1cccc(-c2ccccc2)n1. The Kier molecular flexibility index (Phi) is 2.42. The zero-order valence-corrected chi connectivity index (χ0v) is 7.64. The lowest BCUT2D eigenvalue weighted by atomic mass is 10.1. The number of nitrogens with two attached hydrogens (primary N) is 1. The molecule has 1 heterocycles. The van der Waals surface area contributed by atoms with Crippen LogP contribution in [0.25, 0.3) is 11.3 Å². The Balaban J connectivity index is 2.42. The summed E-state index contributed by atoms with van der Waals surface area (Å²) in [5.74, 6) is 5.96. The molecule has 3 nitrogen and oxygen atoms in total. The quantitative estimate of drug-likeness (QED) is 0.556. The van der Waals surface area contributed by atoms with E-state index < -0.39 is 0 Å². The lowest BCUT2D eigenvalue weighted by Gasteiger charge is -2.02. The van der Waals surface area contributed by atoms with E-state index in [-0.39, 0.29) is 0 Å². The van der Waals surface area contributed by atoms with E-state index in [0.717, 1.165) is 11.3 Å². The third-order valence-electron chi connectivity index (χ3n) is 1.97. The molecule has 3 N–H and O–H groups in total. The van der Waals surface area contributed by atoms with Gasteiger partial charge < -0.3 is 5.43 Å². The van der Waals surface area contributed by atoms with Gasteiger partial charge in [0.15, 0.2) is 0 Å². The van der Waals surface area contributed by atoms with E-state index in [4.69, 9.17) is 5.84 Å². The van der Waals surface area contributed by atoms with Gasteiger partial charge >= 0.3 is 0 Å².